The van der Waals surface area contributed by atoms with E-state index in [-0.39, 0.29) is 5.75 Å². The predicted octanol–water partition coefficient (Wildman–Crippen LogP) is 3.42. The van der Waals surface area contributed by atoms with E-state index in [2.05, 4.69) is 4.98 Å². The summed E-state index contributed by atoms with van der Waals surface area (Å²) in [5, 5.41) is 10.1. The van der Waals surface area contributed by atoms with E-state index >= 15 is 0 Å². The van der Waals surface area contributed by atoms with Gasteiger partial charge in [-0.1, -0.05) is 17.7 Å². The second-order valence-electron chi connectivity index (χ2n) is 3.40. The van der Waals surface area contributed by atoms with E-state index in [1.54, 1.807) is 12.3 Å². The first-order valence-electron chi connectivity index (χ1n) is 4.57. The van der Waals surface area contributed by atoms with E-state index in [1.807, 2.05) is 25.1 Å². The lowest BCUT2D eigenvalue weighted by Gasteiger charge is -2.04. The first-order chi connectivity index (χ1) is 7.16. The van der Waals surface area contributed by atoms with Gasteiger partial charge in [-0.3, -0.25) is 4.98 Å². The molecular weight excluding hydrogens is 210 g/mol. The Morgan fingerprint density at radius 3 is 2.60 bits per heavy atom. The molecule has 2 rings (SSSR count). The molecule has 2 aromatic rings. The lowest BCUT2D eigenvalue weighted by Crippen LogP contribution is -1.82. The second kappa shape index (κ2) is 3.91. The van der Waals surface area contributed by atoms with Gasteiger partial charge in [-0.25, -0.2) is 0 Å². The van der Waals surface area contributed by atoms with Crippen molar-refractivity contribution in [1.82, 2.24) is 4.98 Å². The Balaban J connectivity index is 2.50. The number of aromatic hydroxyl groups is 1. The van der Waals surface area contributed by atoms with Gasteiger partial charge < -0.3 is 5.11 Å². The van der Waals surface area contributed by atoms with Crippen LogP contribution in [0.2, 0.25) is 5.02 Å². The molecule has 15 heavy (non-hydrogen) atoms. The highest BCUT2D eigenvalue weighted by Crippen LogP contribution is 2.25. The molecule has 2 nitrogen and oxygen atoms in total. The molecule has 0 aliphatic carbocycles. The van der Waals surface area contributed by atoms with E-state index in [0.717, 1.165) is 21.7 Å². The van der Waals surface area contributed by atoms with Crippen LogP contribution in [0.4, 0.5) is 0 Å². The Labute approximate surface area is 93.2 Å². The smallest absolute Gasteiger partial charge is 0.134 e. The number of benzene rings is 1. The lowest BCUT2D eigenvalue weighted by molar-refractivity contribution is 0.473. The van der Waals surface area contributed by atoms with Gasteiger partial charge in [0.2, 0.25) is 0 Å². The summed E-state index contributed by atoms with van der Waals surface area (Å²) in [7, 11) is 0. The van der Waals surface area contributed by atoms with Crippen molar-refractivity contribution >= 4 is 11.6 Å². The number of nitrogens with zero attached hydrogens (tertiary/aromatic N) is 1. The van der Waals surface area contributed by atoms with Crippen LogP contribution in [-0.4, -0.2) is 10.1 Å². The Morgan fingerprint density at radius 2 is 1.93 bits per heavy atom. The van der Waals surface area contributed by atoms with Crippen molar-refractivity contribution in [3.8, 4) is 16.9 Å². The summed E-state index contributed by atoms with van der Waals surface area (Å²) in [6, 6.07) is 7.40. The molecule has 0 fully saturated rings. The number of aryl methyl sites for hydroxylation is 1. The standard InChI is InChI=1S/C12H10ClNO/c1-8-4-9(2-3-12(8)13)10-5-11(15)7-14-6-10/h2-7,15H,1H3. The van der Waals surface area contributed by atoms with Crippen LogP contribution < -0.4 is 0 Å². The van der Waals surface area contributed by atoms with E-state index < -0.39 is 0 Å². The van der Waals surface area contributed by atoms with Crippen LogP contribution in [0.25, 0.3) is 11.1 Å². The molecule has 3 heteroatoms. The summed E-state index contributed by atoms with van der Waals surface area (Å²) in [6.07, 6.45) is 3.12. The van der Waals surface area contributed by atoms with Crippen LogP contribution >= 0.6 is 11.6 Å². The zero-order valence-electron chi connectivity index (χ0n) is 8.24. The van der Waals surface area contributed by atoms with Gasteiger partial charge in [0, 0.05) is 16.8 Å². The summed E-state index contributed by atoms with van der Waals surface area (Å²) >= 11 is 5.93. The maximum atomic E-state index is 9.31. The van der Waals surface area contributed by atoms with Gasteiger partial charge in [0.05, 0.1) is 6.20 Å². The Morgan fingerprint density at radius 1 is 1.13 bits per heavy atom. The maximum absolute atomic E-state index is 9.31. The highest BCUT2D eigenvalue weighted by molar-refractivity contribution is 6.31. The first kappa shape index (κ1) is 9.99. The number of pyridine rings is 1. The van der Waals surface area contributed by atoms with Crippen molar-refractivity contribution in [3.05, 3.63) is 47.2 Å². The number of hydrogen-bond donors (Lipinski definition) is 1. The molecule has 0 unspecified atom stereocenters. The van der Waals surface area contributed by atoms with Crippen LogP contribution in [0.1, 0.15) is 5.56 Å². The van der Waals surface area contributed by atoms with E-state index in [4.69, 9.17) is 11.6 Å². The van der Waals surface area contributed by atoms with Gasteiger partial charge in [0.1, 0.15) is 5.75 Å². The van der Waals surface area contributed by atoms with Crippen LogP contribution in [0, 0.1) is 6.92 Å². The Kier molecular flexibility index (Phi) is 2.60. The van der Waals surface area contributed by atoms with Gasteiger partial charge in [-0.05, 0) is 36.2 Å². The van der Waals surface area contributed by atoms with Crippen molar-refractivity contribution in [1.29, 1.82) is 0 Å². The highest BCUT2D eigenvalue weighted by Gasteiger charge is 2.01. The minimum atomic E-state index is 0.167. The topological polar surface area (TPSA) is 33.1 Å². The third kappa shape index (κ3) is 2.10. The molecule has 0 atom stereocenters. The van der Waals surface area contributed by atoms with Crippen molar-refractivity contribution < 1.29 is 5.11 Å². The fourth-order valence-corrected chi connectivity index (χ4v) is 1.53. The van der Waals surface area contributed by atoms with Crippen LogP contribution in [0.15, 0.2) is 36.7 Å². The molecule has 0 saturated heterocycles. The Hall–Kier alpha value is -1.54. The van der Waals surface area contributed by atoms with Crippen molar-refractivity contribution in [2.75, 3.05) is 0 Å². The van der Waals surface area contributed by atoms with E-state index in [9.17, 15) is 5.11 Å². The summed E-state index contributed by atoms with van der Waals surface area (Å²) in [5.74, 6) is 0.167. The van der Waals surface area contributed by atoms with Gasteiger partial charge in [-0.2, -0.15) is 0 Å². The lowest BCUT2D eigenvalue weighted by atomic mass is 10.1. The molecule has 0 radical (unpaired) electrons. The molecule has 0 bridgehead atoms. The van der Waals surface area contributed by atoms with Crippen LogP contribution in [0.5, 0.6) is 5.75 Å². The zero-order valence-corrected chi connectivity index (χ0v) is 8.99. The number of rotatable bonds is 1. The normalized spacial score (nSPS) is 10.3. The number of halogens is 1. The fraction of sp³-hybridized carbons (Fsp3) is 0.0833. The molecular formula is C12H10ClNO. The van der Waals surface area contributed by atoms with E-state index in [0.29, 0.717) is 0 Å². The van der Waals surface area contributed by atoms with Gasteiger partial charge in [-0.15, -0.1) is 0 Å². The first-order valence-corrected chi connectivity index (χ1v) is 4.95. The number of hydrogen-bond acceptors (Lipinski definition) is 2. The SMILES string of the molecule is Cc1cc(-c2cncc(O)c2)ccc1Cl. The van der Waals surface area contributed by atoms with Crippen molar-refractivity contribution in [2.45, 2.75) is 6.92 Å². The molecule has 0 aliphatic heterocycles. The summed E-state index contributed by atoms with van der Waals surface area (Å²) in [6.45, 7) is 1.95. The predicted molar refractivity (Wildman–Crippen MR) is 61.1 cm³/mol. The highest BCUT2D eigenvalue weighted by atomic mass is 35.5. The molecule has 1 heterocycles. The molecule has 0 aliphatic rings. The Bertz CT molecular complexity index is 497. The van der Waals surface area contributed by atoms with Crippen LogP contribution in [-0.2, 0) is 0 Å². The third-order valence-electron chi connectivity index (χ3n) is 2.22. The molecule has 0 amide bonds. The largest absolute Gasteiger partial charge is 0.506 e. The molecule has 76 valence electrons. The molecule has 1 N–H and O–H groups in total. The summed E-state index contributed by atoms with van der Waals surface area (Å²) < 4.78 is 0. The summed E-state index contributed by atoms with van der Waals surface area (Å²) in [5.41, 5.74) is 2.90. The molecule has 1 aromatic carbocycles. The number of aromatic nitrogens is 1. The molecule has 0 spiro atoms. The van der Waals surface area contributed by atoms with Crippen molar-refractivity contribution in [3.63, 3.8) is 0 Å². The molecule has 0 saturated carbocycles. The van der Waals surface area contributed by atoms with Crippen LogP contribution in [0.3, 0.4) is 0 Å². The average molecular weight is 220 g/mol. The van der Waals surface area contributed by atoms with Gasteiger partial charge in [0.25, 0.3) is 0 Å². The fourth-order valence-electron chi connectivity index (χ4n) is 1.41. The maximum Gasteiger partial charge on any atom is 0.134 e. The minimum Gasteiger partial charge on any atom is -0.506 e. The molecule has 1 aromatic heterocycles. The average Bonchev–Trinajstić information content (AvgIpc) is 2.22. The monoisotopic (exact) mass is 219 g/mol. The van der Waals surface area contributed by atoms with E-state index in [1.165, 1.54) is 6.20 Å². The minimum absolute atomic E-state index is 0.167. The summed E-state index contributed by atoms with van der Waals surface area (Å²) in [4.78, 5) is 3.93. The van der Waals surface area contributed by atoms with Crippen molar-refractivity contribution in [2.24, 2.45) is 0 Å². The van der Waals surface area contributed by atoms with Gasteiger partial charge in [0.15, 0.2) is 0 Å². The third-order valence-corrected chi connectivity index (χ3v) is 2.64. The quantitative estimate of drug-likeness (QED) is 0.797. The second-order valence-corrected chi connectivity index (χ2v) is 3.80. The zero-order chi connectivity index (χ0) is 10.8. The van der Waals surface area contributed by atoms with Gasteiger partial charge >= 0.3 is 0 Å².